The topological polar surface area (TPSA) is 39.7 Å². The van der Waals surface area contributed by atoms with Crippen LogP contribution in [0, 0.1) is 11.6 Å². The summed E-state index contributed by atoms with van der Waals surface area (Å²) >= 11 is 0. The minimum atomic E-state index is -0.559. The Kier molecular flexibility index (Phi) is 6.85. The number of nitrogens with one attached hydrogen (secondary N) is 2. The van der Waals surface area contributed by atoms with Gasteiger partial charge in [0, 0.05) is 38.4 Å². The fourth-order valence-corrected chi connectivity index (χ4v) is 3.49. The van der Waals surface area contributed by atoms with E-state index < -0.39 is 11.6 Å². The molecule has 0 spiro atoms. The van der Waals surface area contributed by atoms with E-state index in [0.717, 1.165) is 19.2 Å². The molecule has 0 aliphatic carbocycles. The van der Waals surface area contributed by atoms with Crippen LogP contribution in [0.15, 0.2) is 47.5 Å². The van der Waals surface area contributed by atoms with Crippen LogP contribution in [0.1, 0.15) is 36.9 Å². The number of guanidine groups is 1. The molecule has 0 amide bonds. The fourth-order valence-electron chi connectivity index (χ4n) is 3.49. The van der Waals surface area contributed by atoms with Gasteiger partial charge in [-0.25, -0.2) is 8.78 Å². The molecule has 1 aliphatic rings. The predicted molar refractivity (Wildman–Crippen MR) is 111 cm³/mol. The molecule has 28 heavy (non-hydrogen) atoms. The van der Waals surface area contributed by atoms with Gasteiger partial charge in [-0.15, -0.1) is 0 Å². The van der Waals surface area contributed by atoms with Gasteiger partial charge in [0.05, 0.1) is 6.04 Å². The average Bonchev–Trinajstić information content (AvgIpc) is 3.23. The largest absolute Gasteiger partial charge is 0.372 e. The van der Waals surface area contributed by atoms with Crippen LogP contribution >= 0.6 is 0 Å². The van der Waals surface area contributed by atoms with Crippen LogP contribution in [0.3, 0.4) is 0 Å². The minimum Gasteiger partial charge on any atom is -0.372 e. The maximum atomic E-state index is 13.7. The Balaban J connectivity index is 1.54. The van der Waals surface area contributed by atoms with Crippen molar-refractivity contribution < 1.29 is 8.78 Å². The van der Waals surface area contributed by atoms with Gasteiger partial charge in [0.2, 0.25) is 0 Å². The van der Waals surface area contributed by atoms with Gasteiger partial charge in [-0.2, -0.15) is 0 Å². The van der Waals surface area contributed by atoms with Crippen LogP contribution in [-0.2, 0) is 6.42 Å². The first kappa shape index (κ1) is 20.1. The summed E-state index contributed by atoms with van der Waals surface area (Å²) in [4.78, 5) is 6.67. The Morgan fingerprint density at radius 3 is 2.64 bits per heavy atom. The monoisotopic (exact) mass is 386 g/mol. The van der Waals surface area contributed by atoms with Gasteiger partial charge in [-0.3, -0.25) is 4.99 Å². The lowest BCUT2D eigenvalue weighted by molar-refractivity contribution is 0.570. The number of anilines is 1. The van der Waals surface area contributed by atoms with Crippen molar-refractivity contribution in [2.45, 2.75) is 32.2 Å². The van der Waals surface area contributed by atoms with Crippen LogP contribution < -0.4 is 15.5 Å². The number of nitrogens with zero attached hydrogens (tertiary/aromatic N) is 2. The third kappa shape index (κ3) is 5.21. The number of benzene rings is 2. The van der Waals surface area contributed by atoms with E-state index in [1.165, 1.54) is 36.2 Å². The molecule has 2 N–H and O–H groups in total. The Labute approximate surface area is 165 Å². The quantitative estimate of drug-likeness (QED) is 0.582. The minimum absolute atomic E-state index is 0.0799. The lowest BCUT2D eigenvalue weighted by Crippen LogP contribution is -2.39. The Bertz CT molecular complexity index is 816. The number of rotatable bonds is 6. The summed E-state index contributed by atoms with van der Waals surface area (Å²) in [7, 11) is 1.71. The lowest BCUT2D eigenvalue weighted by atomic mass is 10.1. The highest BCUT2D eigenvalue weighted by Crippen LogP contribution is 2.23. The zero-order valence-electron chi connectivity index (χ0n) is 16.5. The molecule has 1 saturated heterocycles. The zero-order chi connectivity index (χ0) is 19.9. The Hall–Kier alpha value is -2.63. The van der Waals surface area contributed by atoms with Crippen LogP contribution in [-0.4, -0.2) is 32.6 Å². The van der Waals surface area contributed by atoms with Crippen molar-refractivity contribution in [3.63, 3.8) is 0 Å². The van der Waals surface area contributed by atoms with E-state index >= 15 is 0 Å². The predicted octanol–water partition coefficient (Wildman–Crippen LogP) is 4.03. The van der Waals surface area contributed by atoms with E-state index in [4.69, 9.17) is 0 Å². The van der Waals surface area contributed by atoms with Crippen LogP contribution in [0.4, 0.5) is 14.5 Å². The van der Waals surface area contributed by atoms with Crippen molar-refractivity contribution >= 4 is 11.6 Å². The first-order valence-electron chi connectivity index (χ1n) is 9.83. The molecule has 1 fully saturated rings. The van der Waals surface area contributed by atoms with Gasteiger partial charge in [0.25, 0.3) is 0 Å². The van der Waals surface area contributed by atoms with Gasteiger partial charge in [-0.1, -0.05) is 18.2 Å². The molecule has 1 atom stereocenters. The number of halogens is 2. The third-order valence-corrected chi connectivity index (χ3v) is 5.12. The molecule has 0 aromatic heterocycles. The molecular weight excluding hydrogens is 358 g/mol. The SMILES string of the molecule is CN=C(NCCc1ccc(F)cc1F)NC(C)c1cccc(N2CCCC2)c1. The molecule has 4 nitrogen and oxygen atoms in total. The lowest BCUT2D eigenvalue weighted by Gasteiger charge is -2.22. The molecule has 1 unspecified atom stereocenters. The molecular formula is C22H28F2N4. The summed E-state index contributed by atoms with van der Waals surface area (Å²) in [5, 5.41) is 6.58. The smallest absolute Gasteiger partial charge is 0.191 e. The third-order valence-electron chi connectivity index (χ3n) is 5.12. The summed E-state index contributed by atoms with van der Waals surface area (Å²) in [6, 6.07) is 12.3. The van der Waals surface area contributed by atoms with Crippen molar-refractivity contribution in [1.82, 2.24) is 10.6 Å². The molecule has 150 valence electrons. The average molecular weight is 386 g/mol. The molecule has 6 heteroatoms. The van der Waals surface area contributed by atoms with Gasteiger partial charge < -0.3 is 15.5 Å². The van der Waals surface area contributed by atoms with E-state index in [1.54, 1.807) is 7.05 Å². The van der Waals surface area contributed by atoms with Gasteiger partial charge in [0.1, 0.15) is 11.6 Å². The highest BCUT2D eigenvalue weighted by atomic mass is 19.1. The number of hydrogen-bond acceptors (Lipinski definition) is 2. The summed E-state index contributed by atoms with van der Waals surface area (Å²) in [5.41, 5.74) is 2.94. The van der Waals surface area contributed by atoms with E-state index in [0.29, 0.717) is 24.5 Å². The van der Waals surface area contributed by atoms with Gasteiger partial charge in [-0.05, 0) is 55.5 Å². The van der Waals surface area contributed by atoms with E-state index in [1.807, 2.05) is 0 Å². The van der Waals surface area contributed by atoms with Crippen LogP contribution in [0.5, 0.6) is 0 Å². The van der Waals surface area contributed by atoms with Crippen molar-refractivity contribution in [2.75, 3.05) is 31.6 Å². The number of hydrogen-bond donors (Lipinski definition) is 2. The van der Waals surface area contributed by atoms with E-state index in [-0.39, 0.29) is 6.04 Å². The maximum absolute atomic E-state index is 13.7. The normalized spacial score (nSPS) is 15.6. The second-order valence-corrected chi connectivity index (χ2v) is 7.14. The molecule has 3 rings (SSSR count). The molecule has 2 aromatic rings. The Morgan fingerprint density at radius 2 is 1.93 bits per heavy atom. The molecule has 0 radical (unpaired) electrons. The van der Waals surface area contributed by atoms with Crippen molar-refractivity contribution in [3.8, 4) is 0 Å². The molecule has 0 bridgehead atoms. The van der Waals surface area contributed by atoms with Gasteiger partial charge >= 0.3 is 0 Å². The first-order chi connectivity index (χ1) is 13.6. The molecule has 1 aliphatic heterocycles. The molecule has 1 heterocycles. The van der Waals surface area contributed by atoms with Crippen molar-refractivity contribution in [3.05, 3.63) is 65.2 Å². The molecule has 2 aromatic carbocycles. The maximum Gasteiger partial charge on any atom is 0.191 e. The van der Waals surface area contributed by atoms with Crippen LogP contribution in [0.25, 0.3) is 0 Å². The van der Waals surface area contributed by atoms with Crippen molar-refractivity contribution in [2.24, 2.45) is 4.99 Å². The van der Waals surface area contributed by atoms with E-state index in [9.17, 15) is 8.78 Å². The Morgan fingerprint density at radius 1 is 1.14 bits per heavy atom. The summed E-state index contributed by atoms with van der Waals surface area (Å²) in [6.45, 7) is 4.83. The standard InChI is InChI=1S/C22H28F2N4/c1-16(18-6-5-7-20(14-18)28-12-3-4-13-28)27-22(25-2)26-11-10-17-8-9-19(23)15-21(17)24/h5-9,14-16H,3-4,10-13H2,1-2H3,(H2,25,26,27). The second-order valence-electron chi connectivity index (χ2n) is 7.14. The fraction of sp³-hybridized carbons (Fsp3) is 0.409. The molecule has 0 saturated carbocycles. The zero-order valence-corrected chi connectivity index (χ0v) is 16.5. The second kappa shape index (κ2) is 9.53. The summed E-state index contributed by atoms with van der Waals surface area (Å²) in [6.07, 6.45) is 2.96. The summed E-state index contributed by atoms with van der Waals surface area (Å²) in [5.74, 6) is -0.421. The highest BCUT2D eigenvalue weighted by Gasteiger charge is 2.14. The highest BCUT2D eigenvalue weighted by molar-refractivity contribution is 5.80. The van der Waals surface area contributed by atoms with Crippen molar-refractivity contribution in [1.29, 1.82) is 0 Å². The first-order valence-corrected chi connectivity index (χ1v) is 9.83. The van der Waals surface area contributed by atoms with E-state index in [2.05, 4.69) is 51.7 Å². The van der Waals surface area contributed by atoms with Crippen LogP contribution in [0.2, 0.25) is 0 Å². The summed E-state index contributed by atoms with van der Waals surface area (Å²) < 4.78 is 26.7. The van der Waals surface area contributed by atoms with Gasteiger partial charge in [0.15, 0.2) is 5.96 Å². The number of aliphatic imine (C=N–C) groups is 1.